The minimum absolute atomic E-state index is 0.118. The van der Waals surface area contributed by atoms with E-state index in [9.17, 15) is 4.79 Å². The van der Waals surface area contributed by atoms with Crippen molar-refractivity contribution in [3.63, 3.8) is 0 Å². The average molecular weight is 228 g/mol. The molecule has 0 N–H and O–H groups in total. The summed E-state index contributed by atoms with van der Waals surface area (Å²) in [5.74, 6) is 0. The van der Waals surface area contributed by atoms with Gasteiger partial charge in [-0.2, -0.15) is 0 Å². The zero-order valence-electron chi connectivity index (χ0n) is 6.72. The Bertz CT molecular complexity index is 356. The number of hydrogen-bond donors (Lipinski definition) is 0. The maximum Gasteiger partial charge on any atom is 0.264 e. The molecule has 0 fully saturated rings. The summed E-state index contributed by atoms with van der Waals surface area (Å²) < 4.78 is 1.48. The van der Waals surface area contributed by atoms with Crippen LogP contribution in [-0.4, -0.2) is 3.59 Å². The Morgan fingerprint density at radius 3 is 2.92 bits per heavy atom. The summed E-state index contributed by atoms with van der Waals surface area (Å²) in [6.45, 7) is 0. The Hall–Kier alpha value is -0.570. The third-order valence-electron chi connectivity index (χ3n) is 2.37. The van der Waals surface area contributed by atoms with E-state index in [0.29, 0.717) is 0 Å². The van der Waals surface area contributed by atoms with Crippen molar-refractivity contribution in [2.75, 3.05) is 0 Å². The van der Waals surface area contributed by atoms with Crippen LogP contribution >= 0.6 is 16.1 Å². The van der Waals surface area contributed by atoms with Gasteiger partial charge >= 0.3 is 0 Å². The van der Waals surface area contributed by atoms with E-state index in [1.54, 1.807) is 6.20 Å². The fourth-order valence-corrected chi connectivity index (χ4v) is 2.04. The van der Waals surface area contributed by atoms with E-state index in [2.05, 4.69) is 16.1 Å². The predicted molar refractivity (Wildman–Crippen MR) is 51.7 cm³/mol. The second kappa shape index (κ2) is 3.05. The molecular formula is C9H10BrNO. The molecule has 0 bridgehead atoms. The molecule has 64 valence electrons. The average Bonchev–Trinajstić information content (AvgIpc) is 2.12. The van der Waals surface area contributed by atoms with E-state index in [-0.39, 0.29) is 5.56 Å². The van der Waals surface area contributed by atoms with Crippen LogP contribution in [0, 0.1) is 0 Å². The monoisotopic (exact) mass is 227 g/mol. The molecule has 0 radical (unpaired) electrons. The number of nitrogens with zero attached hydrogens (tertiary/aromatic N) is 1. The molecule has 1 aromatic rings. The second-order valence-corrected chi connectivity index (χ2v) is 3.91. The molecule has 0 aromatic carbocycles. The Morgan fingerprint density at radius 1 is 1.33 bits per heavy atom. The first-order valence-corrected chi connectivity index (χ1v) is 4.89. The standard InChI is InChI=1S/C9H10BrNO/c10-11-6-5-7-3-1-2-4-8(7)9(11)12/h5-6H,1-4H2. The lowest BCUT2D eigenvalue weighted by Gasteiger charge is -2.14. The SMILES string of the molecule is O=c1c2c(ccn1Br)CCCC2. The van der Waals surface area contributed by atoms with Crippen molar-refractivity contribution in [1.29, 1.82) is 0 Å². The highest BCUT2D eigenvalue weighted by Crippen LogP contribution is 2.17. The lowest BCUT2D eigenvalue weighted by atomic mass is 9.93. The number of pyridine rings is 1. The largest absolute Gasteiger partial charge is 0.268 e. The van der Waals surface area contributed by atoms with E-state index < -0.39 is 0 Å². The van der Waals surface area contributed by atoms with E-state index in [4.69, 9.17) is 0 Å². The van der Waals surface area contributed by atoms with Crippen LogP contribution in [0.5, 0.6) is 0 Å². The molecule has 1 aliphatic rings. The Labute approximate surface area is 79.6 Å². The van der Waals surface area contributed by atoms with Gasteiger partial charge in [-0.05, 0) is 37.3 Å². The summed E-state index contributed by atoms with van der Waals surface area (Å²) in [6, 6.07) is 2.03. The third kappa shape index (κ3) is 1.22. The molecule has 1 heterocycles. The lowest BCUT2D eigenvalue weighted by Crippen LogP contribution is -2.21. The zero-order chi connectivity index (χ0) is 8.55. The highest BCUT2D eigenvalue weighted by atomic mass is 79.9. The van der Waals surface area contributed by atoms with Crippen LogP contribution in [0.1, 0.15) is 24.0 Å². The zero-order valence-corrected chi connectivity index (χ0v) is 8.30. The first kappa shape index (κ1) is 8.05. The van der Waals surface area contributed by atoms with Crippen molar-refractivity contribution < 1.29 is 0 Å². The van der Waals surface area contributed by atoms with E-state index in [1.165, 1.54) is 15.6 Å². The van der Waals surface area contributed by atoms with Crippen molar-refractivity contribution in [2.45, 2.75) is 25.7 Å². The van der Waals surface area contributed by atoms with Crippen LogP contribution in [-0.2, 0) is 12.8 Å². The summed E-state index contributed by atoms with van der Waals surface area (Å²) >= 11 is 3.18. The molecule has 0 spiro atoms. The molecule has 1 aromatic heterocycles. The summed E-state index contributed by atoms with van der Waals surface area (Å²) in [5, 5.41) is 0. The highest BCUT2D eigenvalue weighted by molar-refractivity contribution is 9.08. The van der Waals surface area contributed by atoms with Gasteiger partial charge in [0.25, 0.3) is 5.56 Å². The van der Waals surface area contributed by atoms with Gasteiger partial charge in [-0.15, -0.1) is 0 Å². The van der Waals surface area contributed by atoms with Gasteiger partial charge in [-0.25, -0.2) is 3.59 Å². The normalized spacial score (nSPS) is 15.8. The maximum atomic E-state index is 11.5. The summed E-state index contributed by atoms with van der Waals surface area (Å²) in [6.07, 6.45) is 6.17. The van der Waals surface area contributed by atoms with Crippen LogP contribution in [0.4, 0.5) is 0 Å². The van der Waals surface area contributed by atoms with Gasteiger partial charge in [0.15, 0.2) is 0 Å². The Morgan fingerprint density at radius 2 is 2.08 bits per heavy atom. The maximum absolute atomic E-state index is 11.5. The second-order valence-electron chi connectivity index (χ2n) is 3.14. The smallest absolute Gasteiger partial charge is 0.264 e. The van der Waals surface area contributed by atoms with Gasteiger partial charge in [-0.3, -0.25) is 4.79 Å². The molecule has 0 unspecified atom stereocenters. The topological polar surface area (TPSA) is 22.0 Å². The molecule has 0 saturated heterocycles. The third-order valence-corrected chi connectivity index (χ3v) is 2.93. The lowest BCUT2D eigenvalue weighted by molar-refractivity contribution is 0.675. The van der Waals surface area contributed by atoms with Crippen LogP contribution in [0.15, 0.2) is 17.1 Å². The van der Waals surface area contributed by atoms with Gasteiger partial charge in [0.1, 0.15) is 0 Å². The van der Waals surface area contributed by atoms with Gasteiger partial charge in [0.05, 0.1) is 16.1 Å². The molecule has 0 atom stereocenters. The number of rotatable bonds is 0. The number of fused-ring (bicyclic) bond motifs is 1. The fraction of sp³-hybridized carbons (Fsp3) is 0.444. The van der Waals surface area contributed by atoms with Crippen LogP contribution in [0.2, 0.25) is 0 Å². The Balaban J connectivity index is 2.62. The van der Waals surface area contributed by atoms with Crippen molar-refractivity contribution in [1.82, 2.24) is 3.59 Å². The molecule has 2 nitrogen and oxygen atoms in total. The van der Waals surface area contributed by atoms with E-state index in [1.807, 2.05) is 6.07 Å². The van der Waals surface area contributed by atoms with Crippen molar-refractivity contribution in [2.24, 2.45) is 0 Å². The molecule has 2 rings (SSSR count). The van der Waals surface area contributed by atoms with Crippen LogP contribution < -0.4 is 5.56 Å². The summed E-state index contributed by atoms with van der Waals surface area (Å²) in [4.78, 5) is 11.5. The number of hydrogen-bond acceptors (Lipinski definition) is 1. The van der Waals surface area contributed by atoms with E-state index in [0.717, 1.165) is 24.8 Å². The van der Waals surface area contributed by atoms with Gasteiger partial charge in [0.2, 0.25) is 0 Å². The first-order chi connectivity index (χ1) is 5.79. The molecule has 0 amide bonds. The number of aryl methyl sites for hydroxylation is 1. The predicted octanol–water partition coefficient (Wildman–Crippen LogP) is 1.89. The van der Waals surface area contributed by atoms with Crippen molar-refractivity contribution in [3.8, 4) is 0 Å². The molecule has 3 heteroatoms. The van der Waals surface area contributed by atoms with Crippen LogP contribution in [0.3, 0.4) is 0 Å². The molecule has 12 heavy (non-hydrogen) atoms. The number of halogens is 1. The summed E-state index contributed by atoms with van der Waals surface area (Å²) in [7, 11) is 0. The molecule has 1 aliphatic carbocycles. The van der Waals surface area contributed by atoms with Gasteiger partial charge in [-0.1, -0.05) is 0 Å². The van der Waals surface area contributed by atoms with Crippen molar-refractivity contribution in [3.05, 3.63) is 33.7 Å². The molecule has 0 saturated carbocycles. The highest BCUT2D eigenvalue weighted by Gasteiger charge is 2.12. The minimum Gasteiger partial charge on any atom is -0.268 e. The number of aromatic nitrogens is 1. The van der Waals surface area contributed by atoms with Gasteiger partial charge < -0.3 is 0 Å². The molecule has 0 aliphatic heterocycles. The minimum atomic E-state index is 0.118. The Kier molecular flexibility index (Phi) is 2.05. The quantitative estimate of drug-likeness (QED) is 0.664. The fourth-order valence-electron chi connectivity index (χ4n) is 1.71. The van der Waals surface area contributed by atoms with E-state index >= 15 is 0 Å². The van der Waals surface area contributed by atoms with Crippen molar-refractivity contribution >= 4 is 16.1 Å². The van der Waals surface area contributed by atoms with Gasteiger partial charge in [0, 0.05) is 11.8 Å². The summed E-state index contributed by atoms with van der Waals surface area (Å²) in [5.41, 5.74) is 2.36. The first-order valence-electron chi connectivity index (χ1n) is 4.18. The molecular weight excluding hydrogens is 218 g/mol. The van der Waals surface area contributed by atoms with Crippen LogP contribution in [0.25, 0.3) is 0 Å².